The summed E-state index contributed by atoms with van der Waals surface area (Å²) in [6.45, 7) is 9.29. The van der Waals surface area contributed by atoms with Gasteiger partial charge in [0.1, 0.15) is 0 Å². The van der Waals surface area contributed by atoms with Crippen LogP contribution in [0.2, 0.25) is 0 Å². The van der Waals surface area contributed by atoms with Crippen LogP contribution in [0.4, 0.5) is 0 Å². The molecule has 0 unspecified atom stereocenters. The van der Waals surface area contributed by atoms with Crippen molar-refractivity contribution in [1.29, 1.82) is 0 Å². The highest BCUT2D eigenvalue weighted by molar-refractivity contribution is 7.99. The Kier molecular flexibility index (Phi) is 4.78. The van der Waals surface area contributed by atoms with E-state index in [0.29, 0.717) is 0 Å². The van der Waals surface area contributed by atoms with Gasteiger partial charge in [0.2, 0.25) is 0 Å². The predicted molar refractivity (Wildman–Crippen MR) is 89.2 cm³/mol. The smallest absolute Gasteiger partial charge is 0.0970 e. The van der Waals surface area contributed by atoms with Crippen LogP contribution in [0.5, 0.6) is 0 Å². The van der Waals surface area contributed by atoms with E-state index in [4.69, 9.17) is 9.72 Å². The SMILES string of the molecule is Cc1cc(SCCN2CCOCC2)nc2c(C)cccc12. The molecular weight excluding hydrogens is 280 g/mol. The summed E-state index contributed by atoms with van der Waals surface area (Å²) in [5, 5.41) is 2.41. The largest absolute Gasteiger partial charge is 0.379 e. The number of aromatic nitrogens is 1. The monoisotopic (exact) mass is 302 g/mol. The molecule has 0 saturated carbocycles. The van der Waals surface area contributed by atoms with E-state index in [2.05, 4.69) is 43.0 Å². The molecule has 0 radical (unpaired) electrons. The maximum Gasteiger partial charge on any atom is 0.0970 e. The second-order valence-corrected chi connectivity index (χ2v) is 6.67. The summed E-state index contributed by atoms with van der Waals surface area (Å²) in [5.74, 6) is 1.09. The number of hydrogen-bond donors (Lipinski definition) is 0. The van der Waals surface area contributed by atoms with Crippen molar-refractivity contribution in [2.75, 3.05) is 38.6 Å². The highest BCUT2D eigenvalue weighted by Gasteiger charge is 2.10. The Morgan fingerprint density at radius 1 is 1.19 bits per heavy atom. The Balaban J connectivity index is 1.68. The van der Waals surface area contributed by atoms with E-state index in [1.54, 1.807) is 0 Å². The van der Waals surface area contributed by atoms with Crippen LogP contribution in [0.25, 0.3) is 10.9 Å². The average Bonchev–Trinajstić information content (AvgIpc) is 2.50. The Labute approximate surface area is 130 Å². The van der Waals surface area contributed by atoms with Crippen LogP contribution in [0.3, 0.4) is 0 Å². The molecule has 1 aliphatic rings. The van der Waals surface area contributed by atoms with Crippen LogP contribution in [-0.2, 0) is 4.74 Å². The summed E-state index contributed by atoms with van der Waals surface area (Å²) < 4.78 is 5.38. The lowest BCUT2D eigenvalue weighted by Crippen LogP contribution is -2.37. The normalized spacial score (nSPS) is 16.5. The van der Waals surface area contributed by atoms with Crippen LogP contribution in [-0.4, -0.2) is 48.5 Å². The third-order valence-electron chi connectivity index (χ3n) is 3.99. The third-order valence-corrected chi connectivity index (χ3v) is 4.88. The van der Waals surface area contributed by atoms with Crippen molar-refractivity contribution in [2.45, 2.75) is 18.9 Å². The van der Waals surface area contributed by atoms with E-state index in [-0.39, 0.29) is 0 Å². The minimum atomic E-state index is 0.872. The summed E-state index contributed by atoms with van der Waals surface area (Å²) in [6, 6.07) is 8.62. The molecule has 1 aromatic heterocycles. The van der Waals surface area contributed by atoms with Gasteiger partial charge < -0.3 is 4.74 Å². The topological polar surface area (TPSA) is 25.4 Å². The van der Waals surface area contributed by atoms with Gasteiger partial charge in [0, 0.05) is 30.8 Å². The average molecular weight is 302 g/mol. The summed E-state index contributed by atoms with van der Waals surface area (Å²) >= 11 is 1.86. The quantitative estimate of drug-likeness (QED) is 0.809. The van der Waals surface area contributed by atoms with Gasteiger partial charge in [-0.25, -0.2) is 4.98 Å². The summed E-state index contributed by atoms with van der Waals surface area (Å²) in [6.07, 6.45) is 0. The second kappa shape index (κ2) is 6.77. The van der Waals surface area contributed by atoms with E-state index in [0.717, 1.165) is 49.1 Å². The Morgan fingerprint density at radius 3 is 2.81 bits per heavy atom. The first kappa shape index (κ1) is 14.8. The lowest BCUT2D eigenvalue weighted by molar-refractivity contribution is 0.0410. The van der Waals surface area contributed by atoms with Crippen LogP contribution < -0.4 is 0 Å². The molecule has 4 heteroatoms. The fourth-order valence-corrected chi connectivity index (χ4v) is 3.68. The fraction of sp³-hybridized carbons (Fsp3) is 0.471. The third kappa shape index (κ3) is 3.57. The number of hydrogen-bond acceptors (Lipinski definition) is 4. The molecule has 1 saturated heterocycles. The van der Waals surface area contributed by atoms with Crippen molar-refractivity contribution >= 4 is 22.7 Å². The van der Waals surface area contributed by atoms with E-state index < -0.39 is 0 Å². The highest BCUT2D eigenvalue weighted by atomic mass is 32.2. The van der Waals surface area contributed by atoms with Gasteiger partial charge in [0.15, 0.2) is 0 Å². The van der Waals surface area contributed by atoms with Gasteiger partial charge >= 0.3 is 0 Å². The minimum Gasteiger partial charge on any atom is -0.379 e. The maximum atomic E-state index is 5.38. The lowest BCUT2D eigenvalue weighted by Gasteiger charge is -2.26. The predicted octanol–water partition coefficient (Wildman–Crippen LogP) is 3.28. The van der Waals surface area contributed by atoms with Crippen LogP contribution in [0, 0.1) is 13.8 Å². The number of thioether (sulfide) groups is 1. The molecule has 112 valence electrons. The number of pyridine rings is 1. The number of ether oxygens (including phenoxy) is 1. The van der Waals surface area contributed by atoms with E-state index in [9.17, 15) is 0 Å². The van der Waals surface area contributed by atoms with Crippen molar-refractivity contribution < 1.29 is 4.74 Å². The molecule has 0 amide bonds. The van der Waals surface area contributed by atoms with E-state index >= 15 is 0 Å². The van der Waals surface area contributed by atoms with Gasteiger partial charge in [0.05, 0.1) is 23.8 Å². The maximum absolute atomic E-state index is 5.38. The zero-order valence-corrected chi connectivity index (χ0v) is 13.6. The van der Waals surface area contributed by atoms with E-state index in [1.807, 2.05) is 11.8 Å². The van der Waals surface area contributed by atoms with Crippen molar-refractivity contribution in [1.82, 2.24) is 9.88 Å². The first-order valence-electron chi connectivity index (χ1n) is 7.54. The number of rotatable bonds is 4. The number of fused-ring (bicyclic) bond motifs is 1. The Morgan fingerprint density at radius 2 is 2.00 bits per heavy atom. The standard InChI is InChI=1S/C17H22N2OS/c1-13-4-3-5-15-14(2)12-16(18-17(13)15)21-11-8-19-6-9-20-10-7-19/h3-5,12H,6-11H2,1-2H3. The molecule has 3 rings (SSSR count). The first-order valence-corrected chi connectivity index (χ1v) is 8.52. The molecule has 1 fully saturated rings. The van der Waals surface area contributed by atoms with Crippen molar-refractivity contribution in [3.05, 3.63) is 35.4 Å². The van der Waals surface area contributed by atoms with Crippen molar-refractivity contribution in [2.24, 2.45) is 0 Å². The number of benzene rings is 1. The fourth-order valence-electron chi connectivity index (χ4n) is 2.71. The number of nitrogens with zero attached hydrogens (tertiary/aromatic N) is 2. The molecule has 1 aliphatic heterocycles. The van der Waals surface area contributed by atoms with Crippen molar-refractivity contribution in [3.8, 4) is 0 Å². The van der Waals surface area contributed by atoms with Crippen LogP contribution in [0.1, 0.15) is 11.1 Å². The zero-order valence-electron chi connectivity index (χ0n) is 12.8. The van der Waals surface area contributed by atoms with Gasteiger partial charge in [-0.1, -0.05) is 18.2 Å². The molecule has 0 aliphatic carbocycles. The van der Waals surface area contributed by atoms with Crippen molar-refractivity contribution in [3.63, 3.8) is 0 Å². The van der Waals surface area contributed by atoms with Gasteiger partial charge in [0.25, 0.3) is 0 Å². The Bertz CT molecular complexity index is 623. The lowest BCUT2D eigenvalue weighted by atomic mass is 10.1. The molecule has 1 aromatic carbocycles. The first-order chi connectivity index (χ1) is 10.2. The molecule has 0 atom stereocenters. The van der Waals surface area contributed by atoms with Crippen LogP contribution >= 0.6 is 11.8 Å². The van der Waals surface area contributed by atoms with Gasteiger partial charge in [-0.15, -0.1) is 11.8 Å². The van der Waals surface area contributed by atoms with Gasteiger partial charge in [-0.3, -0.25) is 4.90 Å². The molecular formula is C17H22N2OS. The number of para-hydroxylation sites is 1. The number of morpholine rings is 1. The van der Waals surface area contributed by atoms with Gasteiger partial charge in [-0.05, 0) is 31.0 Å². The summed E-state index contributed by atoms with van der Waals surface area (Å²) in [7, 11) is 0. The second-order valence-electron chi connectivity index (χ2n) is 5.55. The molecule has 21 heavy (non-hydrogen) atoms. The zero-order chi connectivity index (χ0) is 14.7. The Hall–Kier alpha value is -1.10. The summed E-state index contributed by atoms with van der Waals surface area (Å²) in [5.41, 5.74) is 3.72. The summed E-state index contributed by atoms with van der Waals surface area (Å²) in [4.78, 5) is 7.31. The minimum absolute atomic E-state index is 0.872. The molecule has 0 bridgehead atoms. The van der Waals surface area contributed by atoms with E-state index in [1.165, 1.54) is 16.5 Å². The molecule has 0 N–H and O–H groups in total. The van der Waals surface area contributed by atoms with Gasteiger partial charge in [-0.2, -0.15) is 0 Å². The highest BCUT2D eigenvalue weighted by Crippen LogP contribution is 2.25. The van der Waals surface area contributed by atoms with Crippen LogP contribution in [0.15, 0.2) is 29.3 Å². The molecule has 2 aromatic rings. The molecule has 2 heterocycles. The number of aryl methyl sites for hydroxylation is 2. The molecule has 0 spiro atoms. The molecule has 3 nitrogen and oxygen atoms in total.